The molecular weight excluding hydrogens is 432 g/mol. The number of nitrogens with one attached hydrogen (secondary N) is 2. The number of hydrogen-bond acceptors (Lipinski definition) is 5. The molecule has 1 saturated heterocycles. The molecule has 9 nitrogen and oxygen atoms in total. The molecule has 0 aliphatic carbocycles. The van der Waals surface area contributed by atoms with E-state index in [4.69, 9.17) is 0 Å². The van der Waals surface area contributed by atoms with Gasteiger partial charge < -0.3 is 5.32 Å². The van der Waals surface area contributed by atoms with Crippen LogP contribution in [0, 0.1) is 0 Å². The predicted molar refractivity (Wildman–Crippen MR) is 127 cm³/mol. The summed E-state index contributed by atoms with van der Waals surface area (Å²) in [6.45, 7) is 2.17. The quantitative estimate of drug-likeness (QED) is 0.478. The Bertz CT molecular complexity index is 1160. The molecule has 1 atom stereocenters. The second-order valence-electron chi connectivity index (χ2n) is 8.72. The maximum Gasteiger partial charge on any atom is 0.344 e. The minimum atomic E-state index is -1.07. The third kappa shape index (κ3) is 5.32. The SMILES string of the molecule is CN(CC(=O)NN1C(=O)N[C@@](C)(CCc2ccccc2)C1=O)Cc1cnn(-c2ccccc2)c1. The molecule has 3 aromatic rings. The molecule has 0 radical (unpaired) electrons. The maximum absolute atomic E-state index is 12.9. The van der Waals surface area contributed by atoms with Crippen molar-refractivity contribution in [3.05, 3.63) is 84.2 Å². The first-order chi connectivity index (χ1) is 16.3. The topological polar surface area (TPSA) is 99.6 Å². The minimum absolute atomic E-state index is 0.00824. The van der Waals surface area contributed by atoms with Crippen LogP contribution in [0.5, 0.6) is 0 Å². The largest absolute Gasteiger partial charge is 0.344 e. The zero-order chi connectivity index (χ0) is 24.1. The van der Waals surface area contributed by atoms with Crippen molar-refractivity contribution < 1.29 is 14.4 Å². The van der Waals surface area contributed by atoms with Crippen LogP contribution in [-0.2, 0) is 22.6 Å². The summed E-state index contributed by atoms with van der Waals surface area (Å²) < 4.78 is 1.77. The monoisotopic (exact) mass is 460 g/mol. The van der Waals surface area contributed by atoms with Crippen LogP contribution in [0.25, 0.3) is 5.69 Å². The third-order valence-electron chi connectivity index (χ3n) is 5.78. The molecule has 4 amide bonds. The van der Waals surface area contributed by atoms with Crippen LogP contribution in [0.1, 0.15) is 24.5 Å². The van der Waals surface area contributed by atoms with Crippen LogP contribution in [-0.4, -0.2) is 56.7 Å². The van der Waals surface area contributed by atoms with E-state index in [-0.39, 0.29) is 6.54 Å². The van der Waals surface area contributed by atoms with Gasteiger partial charge in [0.25, 0.3) is 11.8 Å². The summed E-state index contributed by atoms with van der Waals surface area (Å²) in [5.74, 6) is -0.915. The predicted octanol–water partition coefficient (Wildman–Crippen LogP) is 2.28. The first-order valence-corrected chi connectivity index (χ1v) is 11.1. The number of aryl methyl sites for hydroxylation is 1. The number of carbonyl (C=O) groups is 3. The van der Waals surface area contributed by atoms with Gasteiger partial charge in [0.05, 0.1) is 18.4 Å². The number of imide groups is 1. The average Bonchev–Trinajstić information content (AvgIpc) is 3.37. The van der Waals surface area contributed by atoms with Gasteiger partial charge in [0.1, 0.15) is 5.54 Å². The normalized spacial score (nSPS) is 17.8. The Morgan fingerprint density at radius 3 is 2.44 bits per heavy atom. The Balaban J connectivity index is 1.29. The van der Waals surface area contributed by atoms with Crippen molar-refractivity contribution in [3.63, 3.8) is 0 Å². The fourth-order valence-electron chi connectivity index (χ4n) is 3.93. The second kappa shape index (κ2) is 9.88. The smallest absolute Gasteiger partial charge is 0.322 e. The van der Waals surface area contributed by atoms with Crippen molar-refractivity contribution in [1.29, 1.82) is 0 Å². The number of para-hydroxylation sites is 1. The zero-order valence-corrected chi connectivity index (χ0v) is 19.3. The van der Waals surface area contributed by atoms with Crippen LogP contribution < -0.4 is 10.7 Å². The summed E-state index contributed by atoms with van der Waals surface area (Å²) in [7, 11) is 1.79. The van der Waals surface area contributed by atoms with Gasteiger partial charge in [-0.3, -0.25) is 19.9 Å². The van der Waals surface area contributed by atoms with Crippen molar-refractivity contribution in [3.8, 4) is 5.69 Å². The van der Waals surface area contributed by atoms with E-state index in [0.29, 0.717) is 19.4 Å². The van der Waals surface area contributed by atoms with Crippen molar-refractivity contribution >= 4 is 17.8 Å². The Morgan fingerprint density at radius 1 is 1.06 bits per heavy atom. The highest BCUT2D eigenvalue weighted by Crippen LogP contribution is 2.22. The summed E-state index contributed by atoms with van der Waals surface area (Å²) in [6, 6.07) is 18.9. The van der Waals surface area contributed by atoms with E-state index >= 15 is 0 Å². The molecule has 0 bridgehead atoms. The lowest BCUT2D eigenvalue weighted by Gasteiger charge is -2.22. The number of hydrazine groups is 1. The van der Waals surface area contributed by atoms with Crippen molar-refractivity contribution in [1.82, 2.24) is 30.4 Å². The van der Waals surface area contributed by atoms with Crippen LogP contribution >= 0.6 is 0 Å². The molecule has 0 saturated carbocycles. The summed E-state index contributed by atoms with van der Waals surface area (Å²) in [5.41, 5.74) is 4.33. The lowest BCUT2D eigenvalue weighted by Crippen LogP contribution is -2.51. The van der Waals surface area contributed by atoms with Gasteiger partial charge in [0.2, 0.25) is 0 Å². The molecule has 2 heterocycles. The number of aromatic nitrogens is 2. The highest BCUT2D eigenvalue weighted by atomic mass is 16.2. The molecule has 9 heteroatoms. The van der Waals surface area contributed by atoms with Gasteiger partial charge in [0, 0.05) is 18.3 Å². The molecule has 0 spiro atoms. The van der Waals surface area contributed by atoms with E-state index in [1.54, 1.807) is 29.7 Å². The van der Waals surface area contributed by atoms with E-state index in [2.05, 4.69) is 15.8 Å². The van der Waals surface area contributed by atoms with Gasteiger partial charge in [-0.15, -0.1) is 0 Å². The number of carbonyl (C=O) groups excluding carboxylic acids is 3. The summed E-state index contributed by atoms with van der Waals surface area (Å²) in [5, 5.41) is 7.86. The molecule has 2 aromatic carbocycles. The molecule has 2 N–H and O–H groups in total. The fourth-order valence-corrected chi connectivity index (χ4v) is 3.93. The number of urea groups is 1. The molecule has 1 aromatic heterocycles. The van der Waals surface area contributed by atoms with E-state index < -0.39 is 23.4 Å². The Kier molecular flexibility index (Phi) is 6.74. The van der Waals surface area contributed by atoms with Gasteiger partial charge >= 0.3 is 6.03 Å². The summed E-state index contributed by atoms with van der Waals surface area (Å²) >= 11 is 0. The first kappa shape index (κ1) is 23.2. The van der Waals surface area contributed by atoms with Gasteiger partial charge in [-0.2, -0.15) is 10.1 Å². The third-order valence-corrected chi connectivity index (χ3v) is 5.78. The lowest BCUT2D eigenvalue weighted by molar-refractivity contribution is -0.139. The van der Waals surface area contributed by atoms with Gasteiger partial charge in [0.15, 0.2) is 0 Å². The number of rotatable bonds is 9. The Hall–Kier alpha value is -3.98. The summed E-state index contributed by atoms with van der Waals surface area (Å²) in [6.07, 6.45) is 4.71. The maximum atomic E-state index is 12.9. The van der Waals surface area contributed by atoms with E-state index in [1.165, 1.54) is 0 Å². The zero-order valence-electron chi connectivity index (χ0n) is 19.3. The van der Waals surface area contributed by atoms with E-state index in [1.807, 2.05) is 66.9 Å². The standard InChI is InChI=1S/C25H28N6O3/c1-25(14-13-19-9-5-3-6-10-19)23(33)31(24(34)27-25)28-22(32)18-29(2)16-20-15-26-30(17-20)21-11-7-4-8-12-21/h3-12,15,17H,13-14,16,18H2,1-2H3,(H,27,34)(H,28,32)/t25-/m0/s1. The van der Waals surface area contributed by atoms with Gasteiger partial charge in [-0.1, -0.05) is 48.5 Å². The fraction of sp³-hybridized carbons (Fsp3) is 0.280. The molecular formula is C25H28N6O3. The minimum Gasteiger partial charge on any atom is -0.322 e. The highest BCUT2D eigenvalue weighted by molar-refractivity contribution is 6.07. The van der Waals surface area contributed by atoms with Crippen LogP contribution in [0.15, 0.2) is 73.1 Å². The highest BCUT2D eigenvalue weighted by Gasteiger charge is 2.48. The molecule has 176 valence electrons. The van der Waals surface area contributed by atoms with Crippen LogP contribution in [0.4, 0.5) is 4.79 Å². The first-order valence-electron chi connectivity index (χ1n) is 11.1. The van der Waals surface area contributed by atoms with Crippen molar-refractivity contribution in [2.24, 2.45) is 0 Å². The van der Waals surface area contributed by atoms with Gasteiger partial charge in [-0.05, 0) is 44.5 Å². The Morgan fingerprint density at radius 2 is 1.74 bits per heavy atom. The summed E-state index contributed by atoms with van der Waals surface area (Å²) in [4.78, 5) is 39.7. The van der Waals surface area contributed by atoms with Gasteiger partial charge in [-0.25, -0.2) is 9.48 Å². The van der Waals surface area contributed by atoms with E-state index in [9.17, 15) is 14.4 Å². The molecule has 34 heavy (non-hydrogen) atoms. The second-order valence-corrected chi connectivity index (χ2v) is 8.72. The molecule has 1 aliphatic heterocycles. The number of likely N-dealkylation sites (N-methyl/N-ethyl adjacent to an activating group) is 1. The Labute approximate surface area is 198 Å². The number of benzene rings is 2. The molecule has 1 fully saturated rings. The molecule has 1 aliphatic rings. The number of amides is 4. The van der Waals surface area contributed by atoms with E-state index in [0.717, 1.165) is 21.8 Å². The lowest BCUT2D eigenvalue weighted by atomic mass is 9.93. The average molecular weight is 461 g/mol. The molecule has 4 rings (SSSR count). The van der Waals surface area contributed by atoms with Crippen molar-refractivity contribution in [2.45, 2.75) is 31.8 Å². The number of nitrogens with zero attached hydrogens (tertiary/aromatic N) is 4. The van der Waals surface area contributed by atoms with Crippen molar-refractivity contribution in [2.75, 3.05) is 13.6 Å². The van der Waals surface area contributed by atoms with Crippen LogP contribution in [0.2, 0.25) is 0 Å². The number of hydrogen-bond donors (Lipinski definition) is 2. The van der Waals surface area contributed by atoms with Crippen LogP contribution in [0.3, 0.4) is 0 Å². The molecule has 0 unspecified atom stereocenters.